The fourth-order valence-corrected chi connectivity index (χ4v) is 1.64. The minimum Gasteiger partial charge on any atom is -0.397 e. The molecule has 7 heteroatoms. The summed E-state index contributed by atoms with van der Waals surface area (Å²) in [5.74, 6) is 0.182. The zero-order valence-electron chi connectivity index (χ0n) is 11.1. The van der Waals surface area contributed by atoms with Gasteiger partial charge >= 0.3 is 0 Å². The molecule has 1 saturated carbocycles. The van der Waals surface area contributed by atoms with Crippen molar-refractivity contribution in [3.05, 3.63) is 24.0 Å². The van der Waals surface area contributed by atoms with Crippen molar-refractivity contribution in [2.75, 3.05) is 18.8 Å². The summed E-state index contributed by atoms with van der Waals surface area (Å²) in [6.07, 6.45) is 3.72. The number of halogens is 1. The summed E-state index contributed by atoms with van der Waals surface area (Å²) in [4.78, 5) is 27.0. The molecule has 1 aromatic heterocycles. The molecule has 110 valence electrons. The van der Waals surface area contributed by atoms with Gasteiger partial charge in [0.2, 0.25) is 11.8 Å². The van der Waals surface area contributed by atoms with Crippen molar-refractivity contribution in [3.8, 4) is 0 Å². The smallest absolute Gasteiger partial charge is 0.226 e. The average molecular weight is 299 g/mol. The molecule has 0 atom stereocenters. The minimum atomic E-state index is -0.113. The third kappa shape index (κ3) is 5.44. The van der Waals surface area contributed by atoms with Gasteiger partial charge in [0, 0.05) is 24.7 Å². The van der Waals surface area contributed by atoms with Crippen LogP contribution in [-0.4, -0.2) is 29.9 Å². The molecule has 0 aliphatic heterocycles. The topological polar surface area (TPSA) is 97.1 Å². The van der Waals surface area contributed by atoms with Crippen LogP contribution in [0.5, 0.6) is 0 Å². The predicted octanol–water partition coefficient (Wildman–Crippen LogP) is 0.270. The highest BCUT2D eigenvalue weighted by molar-refractivity contribution is 5.85. The molecular weight excluding hydrogens is 280 g/mol. The highest BCUT2D eigenvalue weighted by Crippen LogP contribution is 2.28. The maximum Gasteiger partial charge on any atom is 0.226 e. The maximum atomic E-state index is 11.6. The molecule has 0 aromatic carbocycles. The summed E-state index contributed by atoms with van der Waals surface area (Å²) < 4.78 is 0. The summed E-state index contributed by atoms with van der Waals surface area (Å²) in [5, 5.41) is 5.52. The average Bonchev–Trinajstić information content (AvgIpc) is 3.21. The summed E-state index contributed by atoms with van der Waals surface area (Å²) in [6, 6.07) is 3.44. The second-order valence-corrected chi connectivity index (χ2v) is 4.67. The summed E-state index contributed by atoms with van der Waals surface area (Å²) in [5.41, 5.74) is 6.76. The van der Waals surface area contributed by atoms with Gasteiger partial charge < -0.3 is 16.4 Å². The summed E-state index contributed by atoms with van der Waals surface area (Å²) in [7, 11) is 0. The van der Waals surface area contributed by atoms with Crippen molar-refractivity contribution in [1.29, 1.82) is 0 Å². The van der Waals surface area contributed by atoms with Crippen molar-refractivity contribution in [2.24, 2.45) is 5.92 Å². The standard InChI is InChI=1S/C13H18N4O2.ClH/c14-10-3-4-11(17-8-10)7-12(18)15-5-6-16-13(19)9-1-2-9;/h3-4,8-9H,1-2,5-7,14H2,(H,15,18)(H,16,19);1H. The Morgan fingerprint density at radius 1 is 1.25 bits per heavy atom. The highest BCUT2D eigenvalue weighted by atomic mass is 35.5. The van der Waals surface area contributed by atoms with E-state index in [4.69, 9.17) is 5.73 Å². The Labute approximate surface area is 123 Å². The molecule has 1 aromatic rings. The number of anilines is 1. The number of nitrogens with one attached hydrogen (secondary N) is 2. The lowest BCUT2D eigenvalue weighted by Crippen LogP contribution is -2.36. The number of nitrogen functional groups attached to an aromatic ring is 1. The molecule has 2 amide bonds. The first-order valence-corrected chi connectivity index (χ1v) is 6.40. The quantitative estimate of drug-likeness (QED) is 0.657. The van der Waals surface area contributed by atoms with E-state index in [0.29, 0.717) is 24.5 Å². The second kappa shape index (κ2) is 7.69. The Kier molecular flexibility index (Phi) is 6.24. The second-order valence-electron chi connectivity index (χ2n) is 4.67. The van der Waals surface area contributed by atoms with Crippen molar-refractivity contribution in [2.45, 2.75) is 19.3 Å². The lowest BCUT2D eigenvalue weighted by molar-refractivity contribution is -0.123. The number of carbonyl (C=O) groups excluding carboxylic acids is 2. The van der Waals surface area contributed by atoms with Crippen molar-refractivity contribution >= 4 is 29.9 Å². The zero-order valence-corrected chi connectivity index (χ0v) is 11.9. The number of nitrogens with two attached hydrogens (primary N) is 1. The van der Waals surface area contributed by atoms with Gasteiger partial charge in [0.05, 0.1) is 18.3 Å². The number of pyridine rings is 1. The highest BCUT2D eigenvalue weighted by Gasteiger charge is 2.28. The molecule has 1 heterocycles. The van der Waals surface area contributed by atoms with Crippen LogP contribution in [0.4, 0.5) is 5.69 Å². The first-order valence-electron chi connectivity index (χ1n) is 6.40. The first-order chi connectivity index (χ1) is 9.15. The van der Waals surface area contributed by atoms with E-state index in [-0.39, 0.29) is 36.6 Å². The lowest BCUT2D eigenvalue weighted by Gasteiger charge is -2.06. The number of hydrogen-bond donors (Lipinski definition) is 3. The fourth-order valence-electron chi connectivity index (χ4n) is 1.64. The van der Waals surface area contributed by atoms with E-state index in [0.717, 1.165) is 12.8 Å². The molecule has 0 saturated heterocycles. The molecule has 2 rings (SSSR count). The molecule has 0 radical (unpaired) electrons. The Morgan fingerprint density at radius 2 is 1.95 bits per heavy atom. The lowest BCUT2D eigenvalue weighted by atomic mass is 10.2. The van der Waals surface area contributed by atoms with Gasteiger partial charge in [-0.15, -0.1) is 12.4 Å². The molecule has 1 fully saturated rings. The summed E-state index contributed by atoms with van der Waals surface area (Å²) >= 11 is 0. The van der Waals surface area contributed by atoms with E-state index in [9.17, 15) is 9.59 Å². The SMILES string of the molecule is Cl.Nc1ccc(CC(=O)NCCNC(=O)C2CC2)nc1. The van der Waals surface area contributed by atoms with Gasteiger partial charge in [-0.05, 0) is 25.0 Å². The molecule has 4 N–H and O–H groups in total. The van der Waals surface area contributed by atoms with Gasteiger partial charge in [0.25, 0.3) is 0 Å². The van der Waals surface area contributed by atoms with E-state index < -0.39 is 0 Å². The normalized spacial score (nSPS) is 13.2. The number of rotatable bonds is 6. The van der Waals surface area contributed by atoms with E-state index in [1.165, 1.54) is 6.20 Å². The molecule has 1 aliphatic rings. The molecule has 0 spiro atoms. The van der Waals surface area contributed by atoms with Crippen molar-refractivity contribution in [3.63, 3.8) is 0 Å². The summed E-state index contributed by atoms with van der Waals surface area (Å²) in [6.45, 7) is 0.905. The van der Waals surface area contributed by atoms with Crippen LogP contribution < -0.4 is 16.4 Å². The molecular formula is C13H19ClN4O2. The third-order valence-corrected chi connectivity index (χ3v) is 2.88. The van der Waals surface area contributed by atoms with E-state index in [1.807, 2.05) is 0 Å². The van der Waals surface area contributed by atoms with Gasteiger partial charge in [0.15, 0.2) is 0 Å². The van der Waals surface area contributed by atoms with Crippen LogP contribution >= 0.6 is 12.4 Å². The first kappa shape index (κ1) is 16.2. The molecule has 6 nitrogen and oxygen atoms in total. The van der Waals surface area contributed by atoms with Gasteiger partial charge in [-0.2, -0.15) is 0 Å². The Bertz CT molecular complexity index is 460. The number of hydrogen-bond acceptors (Lipinski definition) is 4. The van der Waals surface area contributed by atoms with Crippen molar-refractivity contribution in [1.82, 2.24) is 15.6 Å². The Hall–Kier alpha value is -1.82. The third-order valence-electron chi connectivity index (χ3n) is 2.88. The van der Waals surface area contributed by atoms with Gasteiger partial charge in [-0.25, -0.2) is 0 Å². The van der Waals surface area contributed by atoms with Gasteiger partial charge in [0.1, 0.15) is 0 Å². The van der Waals surface area contributed by atoms with Crippen LogP contribution in [0.1, 0.15) is 18.5 Å². The van der Waals surface area contributed by atoms with Crippen LogP contribution in [0.15, 0.2) is 18.3 Å². The zero-order chi connectivity index (χ0) is 13.7. The van der Waals surface area contributed by atoms with Crippen LogP contribution in [-0.2, 0) is 16.0 Å². The number of aromatic nitrogens is 1. The largest absolute Gasteiger partial charge is 0.397 e. The monoisotopic (exact) mass is 298 g/mol. The number of amides is 2. The Balaban J connectivity index is 0.00000200. The number of carbonyl (C=O) groups is 2. The molecule has 20 heavy (non-hydrogen) atoms. The van der Waals surface area contributed by atoms with E-state index in [1.54, 1.807) is 12.1 Å². The molecule has 1 aliphatic carbocycles. The minimum absolute atomic E-state index is 0. The van der Waals surface area contributed by atoms with Crippen molar-refractivity contribution < 1.29 is 9.59 Å². The molecule has 0 bridgehead atoms. The predicted molar refractivity (Wildman–Crippen MR) is 78.3 cm³/mol. The maximum absolute atomic E-state index is 11.6. The van der Waals surface area contributed by atoms with E-state index in [2.05, 4.69) is 15.6 Å². The van der Waals surface area contributed by atoms with Gasteiger partial charge in [-0.3, -0.25) is 14.6 Å². The Morgan fingerprint density at radius 3 is 2.55 bits per heavy atom. The van der Waals surface area contributed by atoms with Crippen LogP contribution in [0.3, 0.4) is 0 Å². The molecule has 0 unspecified atom stereocenters. The number of nitrogens with zero attached hydrogens (tertiary/aromatic N) is 1. The van der Waals surface area contributed by atoms with E-state index >= 15 is 0 Å². The van der Waals surface area contributed by atoms with Gasteiger partial charge in [-0.1, -0.05) is 0 Å². The van der Waals surface area contributed by atoms with Crippen LogP contribution in [0.2, 0.25) is 0 Å². The fraction of sp³-hybridized carbons (Fsp3) is 0.462. The van der Waals surface area contributed by atoms with Crippen LogP contribution in [0, 0.1) is 5.92 Å². The van der Waals surface area contributed by atoms with Crippen LogP contribution in [0.25, 0.3) is 0 Å².